The van der Waals surface area contributed by atoms with Gasteiger partial charge in [-0.25, -0.2) is 0 Å². The van der Waals surface area contributed by atoms with Crippen molar-refractivity contribution in [3.05, 3.63) is 35.9 Å². The molecule has 0 aromatic heterocycles. The van der Waals surface area contributed by atoms with Crippen LogP contribution in [0.5, 0.6) is 0 Å². The molecule has 0 aliphatic carbocycles. The van der Waals surface area contributed by atoms with Crippen LogP contribution in [0, 0.1) is 6.07 Å². The van der Waals surface area contributed by atoms with Crippen molar-refractivity contribution in [2.45, 2.75) is 20.0 Å². The predicted molar refractivity (Wildman–Crippen MR) is 51.0 cm³/mol. The van der Waals surface area contributed by atoms with Crippen LogP contribution < -0.4 is 17.0 Å². The molecule has 1 aromatic rings. The normalized spacial score (nSPS) is 8.38. The summed E-state index contributed by atoms with van der Waals surface area (Å²) >= 11 is 0. The Bertz CT molecular complexity index is 191. The van der Waals surface area contributed by atoms with E-state index < -0.39 is 0 Å². The molecule has 0 bridgehead atoms. The molecular weight excluding hydrogens is 240 g/mol. The minimum Gasteiger partial charge on any atom is -1.00 e. The van der Waals surface area contributed by atoms with Gasteiger partial charge in [0.25, 0.3) is 0 Å². The monoisotopic (exact) mass is 252 g/mol. The average molecular weight is 253 g/mol. The van der Waals surface area contributed by atoms with Crippen molar-refractivity contribution in [1.82, 2.24) is 0 Å². The van der Waals surface area contributed by atoms with Crippen molar-refractivity contribution in [3.8, 4) is 0 Å². The van der Waals surface area contributed by atoms with Gasteiger partial charge in [-0.2, -0.15) is 30.3 Å². The Morgan fingerprint density at radius 1 is 1.46 bits per heavy atom. The minimum absolute atomic E-state index is 0. The first-order chi connectivity index (χ1) is 5.43. The first-order valence-electron chi connectivity index (χ1n) is 3.96. The molecule has 0 unspecified atom stereocenters. The second kappa shape index (κ2) is 10.5. The molecule has 0 fully saturated rings. The Labute approximate surface area is 107 Å². The van der Waals surface area contributed by atoms with Gasteiger partial charge in [0.2, 0.25) is 0 Å². The SMILES string of the molecule is CCCOCc1c[c-]ccc1.[Br-].[Mg+2]. The molecule has 0 heterocycles. The largest absolute Gasteiger partial charge is 2.00 e. The van der Waals surface area contributed by atoms with Gasteiger partial charge in [-0.15, -0.1) is 5.56 Å². The zero-order chi connectivity index (χ0) is 7.94. The van der Waals surface area contributed by atoms with E-state index in [0.717, 1.165) is 13.0 Å². The third-order valence-electron chi connectivity index (χ3n) is 1.39. The maximum absolute atomic E-state index is 5.35. The molecule has 0 aliphatic rings. The average Bonchev–Trinajstić information content (AvgIpc) is 2.07. The molecule has 0 radical (unpaired) electrons. The maximum atomic E-state index is 5.35. The van der Waals surface area contributed by atoms with Crippen LogP contribution in [0.4, 0.5) is 0 Å². The fourth-order valence-electron chi connectivity index (χ4n) is 0.855. The summed E-state index contributed by atoms with van der Waals surface area (Å²) in [5.41, 5.74) is 1.20. The molecule has 0 spiro atoms. The van der Waals surface area contributed by atoms with Crippen LogP contribution in [0.25, 0.3) is 0 Å². The molecule has 0 amide bonds. The second-order valence-corrected chi connectivity index (χ2v) is 2.46. The van der Waals surface area contributed by atoms with Crippen LogP contribution in [0.3, 0.4) is 0 Å². The van der Waals surface area contributed by atoms with E-state index in [1.165, 1.54) is 5.56 Å². The van der Waals surface area contributed by atoms with Crippen molar-refractivity contribution < 1.29 is 21.7 Å². The van der Waals surface area contributed by atoms with E-state index in [0.29, 0.717) is 6.61 Å². The molecule has 0 saturated heterocycles. The summed E-state index contributed by atoms with van der Waals surface area (Å²) in [6.45, 7) is 3.66. The van der Waals surface area contributed by atoms with Gasteiger partial charge >= 0.3 is 23.1 Å². The van der Waals surface area contributed by atoms with Crippen molar-refractivity contribution in [2.24, 2.45) is 0 Å². The molecule has 68 valence electrons. The third kappa shape index (κ3) is 7.49. The summed E-state index contributed by atoms with van der Waals surface area (Å²) in [5, 5.41) is 0. The van der Waals surface area contributed by atoms with Crippen molar-refractivity contribution >= 4 is 23.1 Å². The van der Waals surface area contributed by atoms with Gasteiger partial charge in [-0.1, -0.05) is 6.92 Å². The zero-order valence-electron chi connectivity index (χ0n) is 7.92. The molecule has 13 heavy (non-hydrogen) atoms. The Morgan fingerprint density at radius 2 is 2.23 bits per heavy atom. The van der Waals surface area contributed by atoms with Crippen LogP contribution in [-0.2, 0) is 11.3 Å². The van der Waals surface area contributed by atoms with E-state index in [2.05, 4.69) is 13.0 Å². The van der Waals surface area contributed by atoms with E-state index in [1.807, 2.05) is 24.3 Å². The van der Waals surface area contributed by atoms with Crippen LogP contribution >= 0.6 is 0 Å². The van der Waals surface area contributed by atoms with Crippen molar-refractivity contribution in [3.63, 3.8) is 0 Å². The quantitative estimate of drug-likeness (QED) is 0.381. The zero-order valence-corrected chi connectivity index (χ0v) is 10.9. The summed E-state index contributed by atoms with van der Waals surface area (Å²) in [6.07, 6.45) is 1.08. The van der Waals surface area contributed by atoms with Gasteiger partial charge < -0.3 is 21.7 Å². The Kier molecular flexibility index (Phi) is 12.8. The summed E-state index contributed by atoms with van der Waals surface area (Å²) in [7, 11) is 0. The summed E-state index contributed by atoms with van der Waals surface area (Å²) in [4.78, 5) is 0. The molecule has 0 aliphatic heterocycles. The van der Waals surface area contributed by atoms with Crippen LogP contribution in [0.15, 0.2) is 24.3 Å². The smallest absolute Gasteiger partial charge is 1.00 e. The Morgan fingerprint density at radius 3 is 2.77 bits per heavy atom. The van der Waals surface area contributed by atoms with E-state index in [9.17, 15) is 0 Å². The van der Waals surface area contributed by atoms with E-state index in [-0.39, 0.29) is 40.0 Å². The number of benzene rings is 1. The number of hydrogen-bond donors (Lipinski definition) is 0. The van der Waals surface area contributed by atoms with Gasteiger partial charge in [0.1, 0.15) is 0 Å². The fourth-order valence-corrected chi connectivity index (χ4v) is 0.855. The second-order valence-electron chi connectivity index (χ2n) is 2.46. The van der Waals surface area contributed by atoms with Gasteiger partial charge in [-0.05, 0) is 6.42 Å². The topological polar surface area (TPSA) is 9.23 Å². The third-order valence-corrected chi connectivity index (χ3v) is 1.39. The predicted octanol–water partition coefficient (Wildman–Crippen LogP) is -0.963. The number of hydrogen-bond acceptors (Lipinski definition) is 1. The van der Waals surface area contributed by atoms with Crippen molar-refractivity contribution in [2.75, 3.05) is 6.61 Å². The van der Waals surface area contributed by atoms with Gasteiger partial charge in [0.15, 0.2) is 0 Å². The van der Waals surface area contributed by atoms with E-state index in [1.54, 1.807) is 0 Å². The Balaban J connectivity index is 0. The summed E-state index contributed by atoms with van der Waals surface area (Å²) in [5.74, 6) is 0. The molecular formula is C10H13BrMgO. The molecule has 1 rings (SSSR count). The molecule has 3 heteroatoms. The molecule has 0 N–H and O–H groups in total. The van der Waals surface area contributed by atoms with Crippen LogP contribution in [0.1, 0.15) is 18.9 Å². The number of rotatable bonds is 4. The van der Waals surface area contributed by atoms with Crippen molar-refractivity contribution in [1.29, 1.82) is 0 Å². The standard InChI is InChI=1S/C10H13O.BrH.Mg/c1-2-8-11-9-10-6-4-3-5-7-10;;/h3-4,6-7H,2,8-9H2,1H3;1H;/q-1;;+2/p-1. The van der Waals surface area contributed by atoms with E-state index in [4.69, 9.17) is 4.74 Å². The maximum Gasteiger partial charge on any atom is 2.00 e. The minimum atomic E-state index is 0. The van der Waals surface area contributed by atoms with Crippen LogP contribution in [-0.4, -0.2) is 29.7 Å². The van der Waals surface area contributed by atoms with Gasteiger partial charge in [0.05, 0.1) is 0 Å². The first-order valence-corrected chi connectivity index (χ1v) is 3.96. The molecule has 0 atom stereocenters. The summed E-state index contributed by atoms with van der Waals surface area (Å²) < 4.78 is 5.35. The van der Waals surface area contributed by atoms with E-state index >= 15 is 0 Å². The molecule has 1 aromatic carbocycles. The van der Waals surface area contributed by atoms with Gasteiger partial charge in [0, 0.05) is 13.2 Å². The fraction of sp³-hybridized carbons (Fsp3) is 0.400. The Hall–Kier alpha value is 0.426. The first kappa shape index (κ1) is 15.9. The van der Waals surface area contributed by atoms with Gasteiger partial charge in [-0.3, -0.25) is 0 Å². The summed E-state index contributed by atoms with van der Waals surface area (Å²) in [6, 6.07) is 10.9. The molecule has 0 saturated carbocycles. The number of halogens is 1. The molecule has 1 nitrogen and oxygen atoms in total. The number of ether oxygens (including phenoxy) is 1. The van der Waals surface area contributed by atoms with Crippen LogP contribution in [0.2, 0.25) is 0 Å².